The number of hydrogen-bond acceptors (Lipinski definition) is 11. The van der Waals surface area contributed by atoms with E-state index in [0.717, 1.165) is 0 Å². The number of ether oxygens (including phenoxy) is 1. The van der Waals surface area contributed by atoms with E-state index >= 15 is 0 Å². The van der Waals surface area contributed by atoms with Gasteiger partial charge in [-0.25, -0.2) is 9.97 Å². The lowest BCUT2D eigenvalue weighted by molar-refractivity contribution is -0.136. The van der Waals surface area contributed by atoms with Gasteiger partial charge in [-0.1, -0.05) is 0 Å². The van der Waals surface area contributed by atoms with E-state index in [0.29, 0.717) is 11.4 Å². The number of esters is 1. The predicted molar refractivity (Wildman–Crippen MR) is 115 cm³/mol. The van der Waals surface area contributed by atoms with Crippen molar-refractivity contribution in [3.63, 3.8) is 0 Å². The van der Waals surface area contributed by atoms with Crippen LogP contribution in [0.2, 0.25) is 0 Å². The third-order valence-corrected chi connectivity index (χ3v) is 4.33. The molecule has 0 fully saturated rings. The van der Waals surface area contributed by atoms with Gasteiger partial charge >= 0.3 is 5.97 Å². The number of nitrogens with zero attached hydrogens (tertiary/aromatic N) is 5. The summed E-state index contributed by atoms with van der Waals surface area (Å²) in [4.78, 5) is 52.9. The standard InChI is InChI=1S/C19H21N9O4/c1-9(29)28(8-10-7-24-18-15(25-10)16(21)26-19(23)27-18)11-2-4-12(5-3-11)32-14(30)6-13(20)17(22)31/h2-5,7,13H,6,8,20H2,1H3,(H2,22,31)(H4,21,23,24,26,27). The van der Waals surface area contributed by atoms with Gasteiger partial charge in [0.05, 0.1) is 30.9 Å². The van der Waals surface area contributed by atoms with Gasteiger partial charge in [0.15, 0.2) is 17.0 Å². The molecule has 13 nitrogen and oxygen atoms in total. The second-order valence-corrected chi connectivity index (χ2v) is 6.79. The van der Waals surface area contributed by atoms with Crippen LogP contribution < -0.4 is 32.6 Å². The predicted octanol–water partition coefficient (Wildman–Crippen LogP) is -0.755. The maximum absolute atomic E-state index is 12.2. The first-order valence-electron chi connectivity index (χ1n) is 9.32. The number of anilines is 3. The summed E-state index contributed by atoms with van der Waals surface area (Å²) in [5.74, 6) is -1.49. The summed E-state index contributed by atoms with van der Waals surface area (Å²) in [6, 6.07) is 5.04. The first-order valence-corrected chi connectivity index (χ1v) is 9.32. The maximum atomic E-state index is 12.2. The fraction of sp³-hybridized carbons (Fsp3) is 0.211. The molecular weight excluding hydrogens is 418 g/mol. The lowest BCUT2D eigenvalue weighted by Gasteiger charge is -2.21. The van der Waals surface area contributed by atoms with Gasteiger partial charge < -0.3 is 32.6 Å². The van der Waals surface area contributed by atoms with Crippen LogP contribution in [0, 0.1) is 0 Å². The minimum Gasteiger partial charge on any atom is -0.426 e. The number of carbonyl (C=O) groups is 3. The van der Waals surface area contributed by atoms with Gasteiger partial charge in [-0.3, -0.25) is 14.4 Å². The number of benzene rings is 1. The molecule has 2 amide bonds. The summed E-state index contributed by atoms with van der Waals surface area (Å²) >= 11 is 0. The molecule has 166 valence electrons. The van der Waals surface area contributed by atoms with Gasteiger partial charge in [0.25, 0.3) is 0 Å². The van der Waals surface area contributed by atoms with Crippen LogP contribution in [0.25, 0.3) is 11.2 Å². The molecule has 32 heavy (non-hydrogen) atoms. The molecule has 2 heterocycles. The van der Waals surface area contributed by atoms with Gasteiger partial charge in [-0.05, 0) is 24.3 Å². The fourth-order valence-electron chi connectivity index (χ4n) is 2.75. The number of rotatable bonds is 7. The molecule has 0 spiro atoms. The Hall–Kier alpha value is -4.39. The Morgan fingerprint density at radius 3 is 2.41 bits per heavy atom. The van der Waals surface area contributed by atoms with Gasteiger partial charge in [0.1, 0.15) is 5.75 Å². The van der Waals surface area contributed by atoms with E-state index in [-0.39, 0.29) is 47.6 Å². The van der Waals surface area contributed by atoms with Crippen molar-refractivity contribution in [1.29, 1.82) is 0 Å². The Labute approximate surface area is 181 Å². The molecule has 0 bridgehead atoms. The molecule has 0 aliphatic heterocycles. The number of nitrogen functional groups attached to an aromatic ring is 2. The highest BCUT2D eigenvalue weighted by Gasteiger charge is 2.18. The number of nitrogens with two attached hydrogens (primary N) is 4. The molecule has 2 aromatic heterocycles. The number of fused-ring (bicyclic) bond motifs is 1. The molecule has 3 aromatic rings. The van der Waals surface area contributed by atoms with Crippen LogP contribution in [0.15, 0.2) is 30.5 Å². The lowest BCUT2D eigenvalue weighted by Crippen LogP contribution is -2.39. The second kappa shape index (κ2) is 9.18. The number of hydrogen-bond donors (Lipinski definition) is 4. The first kappa shape index (κ1) is 22.3. The zero-order chi connectivity index (χ0) is 23.4. The minimum atomic E-state index is -1.13. The molecule has 3 rings (SSSR count). The molecule has 13 heteroatoms. The summed E-state index contributed by atoms with van der Waals surface area (Å²) in [5, 5.41) is 0. The highest BCUT2D eigenvalue weighted by molar-refractivity contribution is 5.91. The van der Waals surface area contributed by atoms with Crippen LogP contribution in [-0.4, -0.2) is 43.8 Å². The molecule has 1 aromatic carbocycles. The largest absolute Gasteiger partial charge is 0.426 e. The average molecular weight is 439 g/mol. The third-order valence-electron chi connectivity index (χ3n) is 4.33. The Kier molecular flexibility index (Phi) is 6.39. The SMILES string of the molecule is CC(=O)N(Cc1cnc2nc(N)nc(N)c2n1)c1ccc(OC(=O)CC(N)C(N)=O)cc1. The quantitative estimate of drug-likeness (QED) is 0.265. The van der Waals surface area contributed by atoms with Crippen molar-refractivity contribution in [3.05, 3.63) is 36.2 Å². The van der Waals surface area contributed by atoms with E-state index in [1.807, 2.05) is 0 Å². The van der Waals surface area contributed by atoms with Gasteiger partial charge in [-0.2, -0.15) is 9.97 Å². The Morgan fingerprint density at radius 1 is 1.09 bits per heavy atom. The highest BCUT2D eigenvalue weighted by Crippen LogP contribution is 2.22. The normalized spacial score (nSPS) is 11.7. The average Bonchev–Trinajstić information content (AvgIpc) is 2.72. The first-order chi connectivity index (χ1) is 15.1. The minimum absolute atomic E-state index is 0.0141. The van der Waals surface area contributed by atoms with Crippen LogP contribution in [0.1, 0.15) is 19.0 Å². The van der Waals surface area contributed by atoms with Crippen LogP contribution in [0.3, 0.4) is 0 Å². The topological polar surface area (TPSA) is 219 Å². The summed E-state index contributed by atoms with van der Waals surface area (Å²) in [6.07, 6.45) is 1.11. The number of aromatic nitrogens is 4. The van der Waals surface area contributed by atoms with Crippen LogP contribution in [-0.2, 0) is 20.9 Å². The van der Waals surface area contributed by atoms with Crippen LogP contribution in [0.5, 0.6) is 5.75 Å². The van der Waals surface area contributed by atoms with E-state index in [4.69, 9.17) is 27.7 Å². The molecule has 0 radical (unpaired) electrons. The molecule has 0 saturated heterocycles. The van der Waals surface area contributed by atoms with E-state index < -0.39 is 17.9 Å². The maximum Gasteiger partial charge on any atom is 0.313 e. The second-order valence-electron chi connectivity index (χ2n) is 6.79. The summed E-state index contributed by atoms with van der Waals surface area (Å²) in [5.41, 5.74) is 23.4. The molecule has 8 N–H and O–H groups in total. The lowest BCUT2D eigenvalue weighted by atomic mass is 10.2. The van der Waals surface area contributed by atoms with Crippen molar-refractivity contribution in [2.45, 2.75) is 25.9 Å². The molecule has 1 atom stereocenters. The Balaban J connectivity index is 1.76. The van der Waals surface area contributed by atoms with Crippen LogP contribution in [0.4, 0.5) is 17.5 Å². The van der Waals surface area contributed by atoms with Gasteiger partial charge in [0, 0.05) is 12.6 Å². The molecule has 1 unspecified atom stereocenters. The Morgan fingerprint density at radius 2 is 1.78 bits per heavy atom. The Bertz CT molecular complexity index is 1180. The number of carbonyl (C=O) groups excluding carboxylic acids is 3. The van der Waals surface area contributed by atoms with Gasteiger partial charge in [-0.15, -0.1) is 0 Å². The smallest absolute Gasteiger partial charge is 0.313 e. The summed E-state index contributed by atoms with van der Waals surface area (Å²) in [7, 11) is 0. The zero-order valence-corrected chi connectivity index (χ0v) is 17.1. The van der Waals surface area contributed by atoms with Crippen molar-refractivity contribution >= 4 is 46.4 Å². The van der Waals surface area contributed by atoms with E-state index in [2.05, 4.69) is 19.9 Å². The monoisotopic (exact) mass is 439 g/mol. The van der Waals surface area contributed by atoms with Crippen molar-refractivity contribution in [2.24, 2.45) is 11.5 Å². The van der Waals surface area contributed by atoms with Crippen molar-refractivity contribution in [3.8, 4) is 5.75 Å². The molecule has 0 aliphatic rings. The number of amides is 2. The van der Waals surface area contributed by atoms with Crippen molar-refractivity contribution in [1.82, 2.24) is 19.9 Å². The van der Waals surface area contributed by atoms with E-state index in [1.165, 1.54) is 30.2 Å². The number of primary amides is 1. The third kappa shape index (κ3) is 5.20. The zero-order valence-electron chi connectivity index (χ0n) is 17.1. The summed E-state index contributed by atoms with van der Waals surface area (Å²) < 4.78 is 5.13. The highest BCUT2D eigenvalue weighted by atomic mass is 16.5. The van der Waals surface area contributed by atoms with E-state index in [1.54, 1.807) is 12.1 Å². The molecule has 0 aliphatic carbocycles. The fourth-order valence-corrected chi connectivity index (χ4v) is 2.75. The molecular formula is C19H21N9O4. The summed E-state index contributed by atoms with van der Waals surface area (Å²) in [6.45, 7) is 1.49. The van der Waals surface area contributed by atoms with E-state index in [9.17, 15) is 14.4 Å². The van der Waals surface area contributed by atoms with Gasteiger partial charge in [0.2, 0.25) is 17.8 Å². The van der Waals surface area contributed by atoms with Crippen LogP contribution >= 0.6 is 0 Å². The van der Waals surface area contributed by atoms with Crippen molar-refractivity contribution < 1.29 is 19.1 Å². The molecule has 0 saturated carbocycles. The van der Waals surface area contributed by atoms with Crippen molar-refractivity contribution in [2.75, 3.05) is 16.4 Å².